The summed E-state index contributed by atoms with van der Waals surface area (Å²) in [5.74, 6) is 0.204. The van der Waals surface area contributed by atoms with Crippen molar-refractivity contribution < 1.29 is 57.8 Å². The lowest BCUT2D eigenvalue weighted by atomic mass is 10.1. The Kier molecular flexibility index (Phi) is 17.6. The lowest BCUT2D eigenvalue weighted by Crippen LogP contribution is -2.11. The van der Waals surface area contributed by atoms with Gasteiger partial charge in [0.05, 0.1) is 59.6 Å². The van der Waals surface area contributed by atoms with Crippen molar-refractivity contribution in [3.8, 4) is 23.0 Å². The molecular formula is C46H45ClN4O12. The standard InChI is InChI=1S/C23H22N2O6.C17H15NO5.C6H8ClNO/c1-14-18(15(2)31-25-14)13-30-20-10-8-16(12-21(20)29-3)9-11-22(26)24-19-7-5-4-6-17(19)23(27)28;1-23-15-10-11(6-8-14(15)19)7-9-16(20)18-13-5-3-2-4-12(13)17(21)22;1-4-6(3-7)5(2)9-8-4/h4-12H,13H2,1-3H3,(H,24,26)(H,27,28);2-10,19H,1H3,(H,18,20)(H,21,22);3H2,1-2H3/b11-9+;9-7+;. The molecule has 0 fully saturated rings. The van der Waals surface area contributed by atoms with Crippen molar-refractivity contribution in [2.75, 3.05) is 24.9 Å². The van der Waals surface area contributed by atoms with Gasteiger partial charge in [0.25, 0.3) is 0 Å². The number of aromatic carboxylic acids is 2. The van der Waals surface area contributed by atoms with Crippen LogP contribution in [-0.2, 0) is 22.1 Å². The number of nitrogens with zero attached hydrogens (tertiary/aromatic N) is 2. The summed E-state index contributed by atoms with van der Waals surface area (Å²) in [5, 5.41) is 40.5. The van der Waals surface area contributed by atoms with Crippen molar-refractivity contribution in [3.63, 3.8) is 0 Å². The van der Waals surface area contributed by atoms with E-state index in [1.54, 1.807) is 60.7 Å². The Morgan fingerprint density at radius 1 is 0.651 bits per heavy atom. The van der Waals surface area contributed by atoms with E-state index < -0.39 is 23.8 Å². The molecule has 328 valence electrons. The van der Waals surface area contributed by atoms with Crippen molar-refractivity contribution in [2.24, 2.45) is 0 Å². The lowest BCUT2D eigenvalue weighted by molar-refractivity contribution is -0.112. The first-order valence-corrected chi connectivity index (χ1v) is 19.4. The van der Waals surface area contributed by atoms with Crippen LogP contribution in [0.4, 0.5) is 11.4 Å². The van der Waals surface area contributed by atoms with Crippen LogP contribution in [0.25, 0.3) is 12.2 Å². The highest BCUT2D eigenvalue weighted by Gasteiger charge is 2.14. The molecule has 0 atom stereocenters. The van der Waals surface area contributed by atoms with Crippen LogP contribution in [0.1, 0.15) is 65.9 Å². The van der Waals surface area contributed by atoms with Gasteiger partial charge in [-0.25, -0.2) is 9.59 Å². The van der Waals surface area contributed by atoms with Gasteiger partial charge < -0.3 is 49.2 Å². The molecule has 16 nitrogen and oxygen atoms in total. The summed E-state index contributed by atoms with van der Waals surface area (Å²) in [7, 11) is 2.96. The number of rotatable bonds is 14. The molecule has 0 spiro atoms. The predicted octanol–water partition coefficient (Wildman–Crippen LogP) is 9.01. The summed E-state index contributed by atoms with van der Waals surface area (Å²) in [4.78, 5) is 46.5. The van der Waals surface area contributed by atoms with Gasteiger partial charge >= 0.3 is 11.9 Å². The van der Waals surface area contributed by atoms with Crippen molar-refractivity contribution in [1.29, 1.82) is 0 Å². The largest absolute Gasteiger partial charge is 0.504 e. The van der Waals surface area contributed by atoms with Gasteiger partial charge in [-0.2, -0.15) is 0 Å². The normalized spacial score (nSPS) is 10.6. The molecule has 0 aliphatic rings. The smallest absolute Gasteiger partial charge is 0.337 e. The van der Waals surface area contributed by atoms with Gasteiger partial charge in [-0.15, -0.1) is 11.6 Å². The molecule has 2 aromatic heterocycles. The number of carbonyl (C=O) groups excluding carboxylic acids is 2. The molecule has 2 heterocycles. The zero-order valence-corrected chi connectivity index (χ0v) is 35.9. The number of aryl methyl sites for hydroxylation is 4. The highest BCUT2D eigenvalue weighted by Crippen LogP contribution is 2.30. The minimum Gasteiger partial charge on any atom is -0.504 e. The number of anilines is 2. The minimum absolute atomic E-state index is 0.00415. The Bertz CT molecular complexity index is 2570. The molecule has 6 aromatic rings. The van der Waals surface area contributed by atoms with Crippen molar-refractivity contribution in [2.45, 2.75) is 40.2 Å². The zero-order valence-electron chi connectivity index (χ0n) is 35.1. The Morgan fingerprint density at radius 2 is 1.11 bits per heavy atom. The van der Waals surface area contributed by atoms with Crippen LogP contribution in [-0.4, -0.2) is 63.6 Å². The maximum Gasteiger partial charge on any atom is 0.337 e. The fourth-order valence-electron chi connectivity index (χ4n) is 5.51. The van der Waals surface area contributed by atoms with Crippen LogP contribution >= 0.6 is 11.6 Å². The molecule has 4 aromatic carbocycles. The van der Waals surface area contributed by atoms with Gasteiger partial charge in [0.15, 0.2) is 23.0 Å². The topological polar surface area (TPSA) is 233 Å². The summed E-state index contributed by atoms with van der Waals surface area (Å²) >= 11 is 5.58. The minimum atomic E-state index is -1.12. The summed E-state index contributed by atoms with van der Waals surface area (Å²) in [6.45, 7) is 7.70. The number of benzene rings is 4. The monoisotopic (exact) mass is 880 g/mol. The van der Waals surface area contributed by atoms with Gasteiger partial charge in [-0.1, -0.05) is 46.7 Å². The number of halogens is 1. The zero-order chi connectivity index (χ0) is 46.1. The summed E-state index contributed by atoms with van der Waals surface area (Å²) in [6.07, 6.45) is 5.71. The molecule has 0 saturated carbocycles. The van der Waals surface area contributed by atoms with E-state index in [9.17, 15) is 29.4 Å². The average Bonchev–Trinajstić information content (AvgIpc) is 3.78. The highest BCUT2D eigenvalue weighted by molar-refractivity contribution is 6.17. The third-order valence-electron chi connectivity index (χ3n) is 8.94. The molecular weight excluding hydrogens is 836 g/mol. The molecule has 0 saturated heterocycles. The van der Waals surface area contributed by atoms with Gasteiger partial charge in [0.1, 0.15) is 18.1 Å². The first-order valence-electron chi connectivity index (χ1n) is 18.9. The number of ether oxygens (including phenoxy) is 3. The molecule has 5 N–H and O–H groups in total. The first kappa shape index (κ1) is 47.8. The number of para-hydroxylation sites is 2. The van der Waals surface area contributed by atoms with Crippen molar-refractivity contribution >= 4 is 58.9 Å². The number of carbonyl (C=O) groups is 4. The number of amides is 2. The molecule has 17 heteroatoms. The van der Waals surface area contributed by atoms with Crippen LogP contribution in [0.15, 0.2) is 106 Å². The number of aromatic nitrogens is 2. The number of hydrogen-bond acceptors (Lipinski definition) is 12. The van der Waals surface area contributed by atoms with Crippen molar-refractivity contribution in [3.05, 3.63) is 153 Å². The quantitative estimate of drug-likeness (QED) is 0.0508. The number of nitrogens with one attached hydrogen (secondary N) is 2. The molecule has 2 amide bonds. The fraction of sp³-hybridized carbons (Fsp3) is 0.174. The second-order valence-corrected chi connectivity index (χ2v) is 13.5. The summed E-state index contributed by atoms with van der Waals surface area (Å²) < 4.78 is 26.2. The van der Waals surface area contributed by atoms with Crippen LogP contribution in [0, 0.1) is 27.7 Å². The fourth-order valence-corrected chi connectivity index (χ4v) is 5.89. The number of carboxylic acid groups (broad SMARTS) is 2. The van der Waals surface area contributed by atoms with Crippen molar-refractivity contribution in [1.82, 2.24) is 10.3 Å². The first-order chi connectivity index (χ1) is 30.1. The number of phenols is 1. The van der Waals surface area contributed by atoms with E-state index in [2.05, 4.69) is 20.9 Å². The number of phenolic OH excluding ortho intramolecular Hbond substituents is 1. The third-order valence-corrected chi connectivity index (χ3v) is 9.21. The maximum absolute atomic E-state index is 12.2. The van der Waals surface area contributed by atoms with E-state index in [-0.39, 0.29) is 34.9 Å². The van der Waals surface area contributed by atoms with E-state index >= 15 is 0 Å². The Balaban J connectivity index is 0.000000237. The molecule has 6 rings (SSSR count). The molecule has 0 aliphatic heterocycles. The number of aromatic hydroxyl groups is 1. The summed E-state index contributed by atoms with van der Waals surface area (Å²) in [6, 6.07) is 22.2. The van der Waals surface area contributed by atoms with Crippen LogP contribution in [0.3, 0.4) is 0 Å². The van der Waals surface area contributed by atoms with E-state index in [1.807, 2.05) is 27.7 Å². The molecule has 0 aliphatic carbocycles. The lowest BCUT2D eigenvalue weighted by Gasteiger charge is -2.11. The molecule has 0 bridgehead atoms. The van der Waals surface area contributed by atoms with Gasteiger partial charge in [-0.3, -0.25) is 9.59 Å². The Morgan fingerprint density at radius 3 is 1.54 bits per heavy atom. The van der Waals surface area contributed by atoms with E-state index in [1.165, 1.54) is 62.8 Å². The molecule has 63 heavy (non-hydrogen) atoms. The van der Waals surface area contributed by atoms with Gasteiger partial charge in [0, 0.05) is 17.7 Å². The van der Waals surface area contributed by atoms with Gasteiger partial charge in [0.2, 0.25) is 11.8 Å². The second kappa shape index (κ2) is 23.2. The number of hydrogen-bond donors (Lipinski definition) is 5. The molecule has 0 radical (unpaired) electrons. The van der Waals surface area contributed by atoms with Gasteiger partial charge in [-0.05, 0) is 99.5 Å². The second-order valence-electron chi connectivity index (χ2n) is 13.2. The van der Waals surface area contributed by atoms with Crippen LogP contribution in [0.2, 0.25) is 0 Å². The van der Waals surface area contributed by atoms with E-state index in [0.717, 1.165) is 28.3 Å². The number of carboxylic acids is 2. The number of alkyl halides is 1. The van der Waals surface area contributed by atoms with E-state index in [0.29, 0.717) is 40.0 Å². The van der Waals surface area contributed by atoms with Crippen LogP contribution in [0.5, 0.6) is 23.0 Å². The summed E-state index contributed by atoms with van der Waals surface area (Å²) in [5.41, 5.74) is 5.40. The maximum atomic E-state index is 12.2. The Hall–Kier alpha value is -7.85. The average molecular weight is 881 g/mol. The van der Waals surface area contributed by atoms with Crippen LogP contribution < -0.4 is 24.8 Å². The van der Waals surface area contributed by atoms with E-state index in [4.69, 9.17) is 40.0 Å². The SMILES string of the molecule is COc1cc(/C=C/C(=O)Nc2ccccc2C(=O)O)ccc1O.COc1cc(/C=C/C(=O)Nc2ccccc2C(=O)O)ccc1OCc1c(C)noc1C.Cc1noc(C)c1CCl. The third kappa shape index (κ3) is 13.8. The molecule has 0 unspecified atom stereocenters. The number of methoxy groups -OCH3 is 2. The predicted molar refractivity (Wildman–Crippen MR) is 236 cm³/mol. The Labute approximate surface area is 367 Å². The highest BCUT2D eigenvalue weighted by atomic mass is 35.5.